The van der Waals surface area contributed by atoms with E-state index in [9.17, 15) is 24.0 Å². The molecule has 4 fully saturated rings. The maximum Gasteiger partial charge on any atom is 0.411 e. The van der Waals surface area contributed by atoms with Gasteiger partial charge < -0.3 is 44.2 Å². The molecule has 3 aromatic carbocycles. The summed E-state index contributed by atoms with van der Waals surface area (Å²) >= 11 is 0. The Balaban J connectivity index is 0.000000433. The number of carbonyl (C=O) groups excluding carboxylic acids is 4. The van der Waals surface area contributed by atoms with Gasteiger partial charge in [0, 0.05) is 25.3 Å². The van der Waals surface area contributed by atoms with Crippen LogP contribution in [0.3, 0.4) is 0 Å². The number of hydrogen-bond donors (Lipinski definition) is 4. The monoisotopic (exact) mass is 988 g/mol. The zero-order valence-electron chi connectivity index (χ0n) is 43.0. The number of carboxylic acids is 1. The van der Waals surface area contributed by atoms with Crippen molar-refractivity contribution >= 4 is 40.8 Å². The highest BCUT2D eigenvalue weighted by atomic mass is 16.6. The van der Waals surface area contributed by atoms with Crippen LogP contribution >= 0.6 is 0 Å². The Hall–Kier alpha value is -6.75. The minimum absolute atomic E-state index is 0.0961. The Morgan fingerprint density at radius 2 is 1.40 bits per heavy atom. The van der Waals surface area contributed by atoms with Gasteiger partial charge in [0.05, 0.1) is 68.0 Å². The second-order valence-corrected chi connectivity index (χ2v) is 21.8. The summed E-state index contributed by atoms with van der Waals surface area (Å²) in [6, 6.07) is 20.7. The lowest BCUT2D eigenvalue weighted by atomic mass is 9.88. The number of likely N-dealkylation sites (tertiary alicyclic amines) is 2. The fourth-order valence-corrected chi connectivity index (χ4v) is 10.6. The summed E-state index contributed by atoms with van der Waals surface area (Å²) in [4.78, 5) is 81.6. The van der Waals surface area contributed by atoms with E-state index in [0.29, 0.717) is 12.5 Å². The Morgan fingerprint density at radius 1 is 0.806 bits per heavy atom. The molecule has 0 radical (unpaired) electrons. The second kappa shape index (κ2) is 20.4. The number of rotatable bonds is 13. The van der Waals surface area contributed by atoms with Crippen molar-refractivity contribution in [3.8, 4) is 33.6 Å². The number of aromatic amines is 2. The number of hydrogen-bond acceptors (Lipinski definition) is 11. The zero-order chi connectivity index (χ0) is 51.9. The molecule has 384 valence electrons. The number of carbonyl (C=O) groups is 5. The van der Waals surface area contributed by atoms with E-state index in [-0.39, 0.29) is 47.9 Å². The number of nitrogens with one attached hydrogen (secondary N) is 3. The molecule has 4 aliphatic rings. The van der Waals surface area contributed by atoms with Crippen molar-refractivity contribution in [3.63, 3.8) is 0 Å². The largest absolute Gasteiger partial charge is 0.481 e. The van der Waals surface area contributed by atoms with Crippen LogP contribution in [0, 0.1) is 23.2 Å². The Bertz CT molecular complexity index is 2810. The number of aromatic nitrogens is 4. The highest BCUT2D eigenvalue weighted by molar-refractivity contribution is 5.91. The molecule has 9 rings (SSSR count). The number of amides is 3. The van der Waals surface area contributed by atoms with Gasteiger partial charge in [0.2, 0.25) is 5.91 Å². The molecular formula is C55H69N7O10. The third-order valence-electron chi connectivity index (χ3n) is 15.1. The van der Waals surface area contributed by atoms with Gasteiger partial charge in [0.15, 0.2) is 0 Å². The number of piperidine rings is 1. The SMILES string of the molecule is COC(=O)C[C@H](C(=O)O)C(C)(C)OC.COC(=O)N[C@H](C(=O)N1CC2(CC2)C[C@H]1c1ncc(-c2ccc3cc(-c4ccc(-c5cnc([C@@H]6[C@H]7CC[C@H](C7)N6C(=O)OC(C)(C)C)[nH]5)cc4)ccc3c2)[nH]1)C(C)C. The molecule has 4 heterocycles. The van der Waals surface area contributed by atoms with E-state index in [0.717, 1.165) is 94.6 Å². The van der Waals surface area contributed by atoms with Crippen molar-refractivity contribution in [2.24, 2.45) is 23.2 Å². The molecule has 2 saturated carbocycles. The molecule has 2 saturated heterocycles. The standard InChI is InChI=1S/C46H53N7O5.C9H16O5/c1-26(2)38(51-43(55)57-6)42(54)52-25-46(17-18-46)22-37(52)40-47-24-36(49-40)32-14-13-30-19-29(11-12-31(30)20-32)27-7-9-28(10-8-27)35-23-48-41(50-35)39-33-15-16-34(21-33)53(39)44(56)58-45(3,4)5;1-9(2,14-4)6(8(11)12)5-7(10)13-3/h7-14,19-20,23-24,26,33-34,37-39H,15-18,21-22,25H2,1-6H3,(H,47,49)(H,48,50)(H,51,55);6H,5H2,1-4H3,(H,11,12)/t33-,34+,37-,38-,39-;6-/m01/s1. The molecule has 2 bridgehead atoms. The van der Waals surface area contributed by atoms with Gasteiger partial charge in [-0.2, -0.15) is 0 Å². The Labute approximate surface area is 420 Å². The summed E-state index contributed by atoms with van der Waals surface area (Å²) in [6.45, 7) is 13.5. The van der Waals surface area contributed by atoms with Gasteiger partial charge >= 0.3 is 24.1 Å². The predicted molar refractivity (Wildman–Crippen MR) is 270 cm³/mol. The smallest absolute Gasteiger partial charge is 0.411 e. The van der Waals surface area contributed by atoms with Crippen LogP contribution in [0.5, 0.6) is 0 Å². The molecule has 6 atom stereocenters. The van der Waals surface area contributed by atoms with E-state index < -0.39 is 41.2 Å². The molecule has 5 aromatic rings. The van der Waals surface area contributed by atoms with E-state index in [1.54, 1.807) is 13.8 Å². The number of benzene rings is 3. The Morgan fingerprint density at radius 3 is 2.00 bits per heavy atom. The van der Waals surface area contributed by atoms with Crippen LogP contribution in [0.2, 0.25) is 0 Å². The highest BCUT2D eigenvalue weighted by Crippen LogP contribution is 2.58. The van der Waals surface area contributed by atoms with E-state index in [1.807, 2.05) is 56.8 Å². The fraction of sp³-hybridized carbons (Fsp3) is 0.509. The van der Waals surface area contributed by atoms with Gasteiger partial charge in [-0.25, -0.2) is 19.6 Å². The minimum Gasteiger partial charge on any atom is -0.481 e. The highest BCUT2D eigenvalue weighted by Gasteiger charge is 2.55. The molecule has 17 nitrogen and oxygen atoms in total. The summed E-state index contributed by atoms with van der Waals surface area (Å²) in [5, 5.41) is 13.9. The molecular weight excluding hydrogens is 919 g/mol. The van der Waals surface area contributed by atoms with Gasteiger partial charge in [-0.05, 0) is 130 Å². The summed E-state index contributed by atoms with van der Waals surface area (Å²) < 4.78 is 20.1. The topological polar surface area (TPSA) is 218 Å². The number of carboxylic acid groups (broad SMARTS) is 1. The lowest BCUT2D eigenvalue weighted by molar-refractivity contribution is -0.160. The number of esters is 1. The van der Waals surface area contributed by atoms with Crippen molar-refractivity contribution < 1.29 is 48.0 Å². The predicted octanol–water partition coefficient (Wildman–Crippen LogP) is 9.86. The lowest BCUT2D eigenvalue weighted by Gasteiger charge is -2.35. The fourth-order valence-electron chi connectivity index (χ4n) is 10.6. The van der Waals surface area contributed by atoms with E-state index in [4.69, 9.17) is 29.3 Å². The first-order valence-corrected chi connectivity index (χ1v) is 24.9. The van der Waals surface area contributed by atoms with Crippen LogP contribution in [-0.4, -0.2) is 116 Å². The third-order valence-corrected chi connectivity index (χ3v) is 15.1. The third kappa shape index (κ3) is 11.0. The molecule has 3 amide bonds. The number of fused-ring (bicyclic) bond motifs is 3. The van der Waals surface area contributed by atoms with Crippen molar-refractivity contribution in [1.29, 1.82) is 0 Å². The van der Waals surface area contributed by atoms with Crippen LogP contribution in [0.15, 0.2) is 73.1 Å². The average Bonchev–Trinajstić information content (AvgIpc) is 3.99. The average molecular weight is 988 g/mol. The molecule has 2 aromatic heterocycles. The number of ether oxygens (including phenoxy) is 4. The lowest BCUT2D eigenvalue weighted by Crippen LogP contribution is -2.51. The van der Waals surface area contributed by atoms with Crippen molar-refractivity contribution in [2.75, 3.05) is 27.9 Å². The quantitative estimate of drug-likeness (QED) is 0.0640. The summed E-state index contributed by atoms with van der Waals surface area (Å²) in [5.41, 5.74) is 4.81. The summed E-state index contributed by atoms with van der Waals surface area (Å²) in [7, 11) is 3.94. The van der Waals surface area contributed by atoms with Crippen molar-refractivity contribution in [3.05, 3.63) is 84.7 Å². The van der Waals surface area contributed by atoms with Crippen LogP contribution in [-0.2, 0) is 33.3 Å². The second-order valence-electron chi connectivity index (χ2n) is 21.8. The van der Waals surface area contributed by atoms with Gasteiger partial charge in [-0.15, -0.1) is 0 Å². The van der Waals surface area contributed by atoms with Crippen molar-refractivity contribution in [1.82, 2.24) is 35.1 Å². The Kier molecular flexibility index (Phi) is 14.6. The van der Waals surface area contributed by atoms with Gasteiger partial charge in [-0.3, -0.25) is 19.3 Å². The van der Waals surface area contributed by atoms with Gasteiger partial charge in [0.25, 0.3) is 0 Å². The minimum atomic E-state index is -1.07. The number of imidazole rings is 2. The molecule has 1 spiro atoms. The van der Waals surface area contributed by atoms with Gasteiger partial charge in [-0.1, -0.05) is 62.4 Å². The molecule has 2 aliphatic heterocycles. The van der Waals surface area contributed by atoms with Crippen molar-refractivity contribution in [2.45, 2.75) is 129 Å². The summed E-state index contributed by atoms with van der Waals surface area (Å²) in [5.74, 6) is -0.740. The van der Waals surface area contributed by atoms with Crippen LogP contribution in [0.25, 0.3) is 44.4 Å². The molecule has 0 unspecified atom stereocenters. The number of H-pyrrole nitrogens is 2. The van der Waals surface area contributed by atoms with Crippen LogP contribution in [0.4, 0.5) is 9.59 Å². The molecule has 4 N–H and O–H groups in total. The normalized spacial score (nSPS) is 20.8. The molecule has 2 aliphatic carbocycles. The summed E-state index contributed by atoms with van der Waals surface area (Å²) in [6.07, 6.45) is 8.84. The first kappa shape index (κ1) is 51.6. The maximum atomic E-state index is 13.9. The van der Waals surface area contributed by atoms with Crippen LogP contribution in [0.1, 0.15) is 117 Å². The molecule has 17 heteroatoms. The number of aliphatic carboxylic acids is 1. The van der Waals surface area contributed by atoms with Crippen LogP contribution < -0.4 is 5.32 Å². The zero-order valence-corrected chi connectivity index (χ0v) is 43.0. The first-order chi connectivity index (χ1) is 34.1. The van der Waals surface area contributed by atoms with Gasteiger partial charge in [0.1, 0.15) is 23.3 Å². The van der Waals surface area contributed by atoms with E-state index in [2.05, 4.69) is 80.7 Å². The number of alkyl carbamates (subject to hydrolysis) is 1. The molecule has 72 heavy (non-hydrogen) atoms. The van der Waals surface area contributed by atoms with E-state index >= 15 is 0 Å². The first-order valence-electron chi connectivity index (χ1n) is 24.9. The van der Waals surface area contributed by atoms with E-state index in [1.165, 1.54) is 21.3 Å². The number of methoxy groups -OCH3 is 3. The number of nitrogens with zero attached hydrogens (tertiary/aromatic N) is 4. The maximum absolute atomic E-state index is 13.9.